The highest BCUT2D eigenvalue weighted by Crippen LogP contribution is 2.45. The van der Waals surface area contributed by atoms with Crippen LogP contribution in [0.4, 0.5) is 0 Å². The normalized spacial score (nSPS) is 25.5. The standard InChI is InChI=1S/C26H27N3O4/c1-28-23(19-11-6-3-7-12-19)21(30)16-26(25(28)32)13-8-14-29(17-26)24(31)22-15-20(27-33-22)18-9-4-2-5-10-18/h2-7,9-12,15,21,23,30H,8,13-14,16-17H2,1H3/t21-,23+,26-/m1/s1. The molecule has 0 aliphatic carbocycles. The SMILES string of the molecule is CN1C(=O)[C@]2(CCCN(C(=O)c3cc(-c4ccccc4)no3)C2)C[C@@H](O)[C@@H]1c1ccccc1. The highest BCUT2D eigenvalue weighted by atomic mass is 16.5. The molecule has 0 unspecified atom stereocenters. The second kappa shape index (κ2) is 8.48. The number of carbonyl (C=O) groups is 2. The number of aromatic nitrogens is 1. The van der Waals surface area contributed by atoms with E-state index in [0.29, 0.717) is 31.5 Å². The fourth-order valence-corrected chi connectivity index (χ4v) is 5.38. The minimum absolute atomic E-state index is 0.0262. The number of rotatable bonds is 3. The van der Waals surface area contributed by atoms with Gasteiger partial charge in [-0.3, -0.25) is 9.59 Å². The molecule has 3 heterocycles. The molecule has 7 heteroatoms. The van der Waals surface area contributed by atoms with E-state index in [4.69, 9.17) is 4.52 Å². The quantitative estimate of drug-likeness (QED) is 0.667. The van der Waals surface area contributed by atoms with E-state index in [-0.39, 0.29) is 24.1 Å². The van der Waals surface area contributed by atoms with E-state index in [1.54, 1.807) is 22.9 Å². The minimum atomic E-state index is -0.796. The van der Waals surface area contributed by atoms with Crippen LogP contribution >= 0.6 is 0 Å². The van der Waals surface area contributed by atoms with Gasteiger partial charge < -0.3 is 19.4 Å². The van der Waals surface area contributed by atoms with Gasteiger partial charge in [0.05, 0.1) is 17.6 Å². The van der Waals surface area contributed by atoms with Crippen molar-refractivity contribution < 1.29 is 19.2 Å². The van der Waals surface area contributed by atoms with Crippen LogP contribution in [0.2, 0.25) is 0 Å². The summed E-state index contributed by atoms with van der Waals surface area (Å²) in [6, 6.07) is 20.4. The maximum Gasteiger partial charge on any atom is 0.292 e. The summed E-state index contributed by atoms with van der Waals surface area (Å²) in [5.41, 5.74) is 1.58. The Kier molecular flexibility index (Phi) is 5.50. The number of carbonyl (C=O) groups excluding carboxylic acids is 2. The molecule has 2 aliphatic heterocycles. The smallest absolute Gasteiger partial charge is 0.292 e. The number of benzene rings is 2. The predicted octanol–water partition coefficient (Wildman–Crippen LogP) is 3.53. The van der Waals surface area contributed by atoms with Gasteiger partial charge in [0.2, 0.25) is 11.7 Å². The van der Waals surface area contributed by atoms with Crippen molar-refractivity contribution in [2.45, 2.75) is 31.4 Å². The van der Waals surface area contributed by atoms with Crippen molar-refractivity contribution in [3.05, 3.63) is 78.1 Å². The summed E-state index contributed by atoms with van der Waals surface area (Å²) in [5, 5.41) is 15.1. The maximum atomic E-state index is 13.6. The zero-order valence-corrected chi connectivity index (χ0v) is 18.6. The topological polar surface area (TPSA) is 86.9 Å². The average molecular weight is 446 g/mol. The number of amides is 2. The molecule has 2 aliphatic rings. The van der Waals surface area contributed by atoms with Gasteiger partial charge in [-0.25, -0.2) is 0 Å². The molecular formula is C26H27N3O4. The maximum absolute atomic E-state index is 13.6. The monoisotopic (exact) mass is 445 g/mol. The molecule has 0 bridgehead atoms. The average Bonchev–Trinajstić information content (AvgIpc) is 3.34. The van der Waals surface area contributed by atoms with Gasteiger partial charge in [0.15, 0.2) is 0 Å². The molecule has 2 saturated heterocycles. The van der Waals surface area contributed by atoms with Gasteiger partial charge in [0.1, 0.15) is 5.69 Å². The molecule has 3 aromatic rings. The third-order valence-corrected chi connectivity index (χ3v) is 6.95. The Morgan fingerprint density at radius 3 is 2.55 bits per heavy atom. The van der Waals surface area contributed by atoms with Crippen LogP contribution in [-0.2, 0) is 4.79 Å². The number of hydrogen-bond acceptors (Lipinski definition) is 5. The predicted molar refractivity (Wildman–Crippen MR) is 122 cm³/mol. The van der Waals surface area contributed by atoms with Gasteiger partial charge >= 0.3 is 0 Å². The third-order valence-electron chi connectivity index (χ3n) is 6.95. The summed E-state index contributed by atoms with van der Waals surface area (Å²) in [7, 11) is 1.74. The number of aliphatic hydroxyl groups excluding tert-OH is 1. The Hall–Kier alpha value is -3.45. The number of likely N-dealkylation sites (N-methyl/N-ethyl adjacent to an activating group) is 1. The van der Waals surface area contributed by atoms with Gasteiger partial charge in [-0.2, -0.15) is 0 Å². The number of aliphatic hydroxyl groups is 1. The largest absolute Gasteiger partial charge is 0.391 e. The molecule has 2 amide bonds. The molecule has 2 aromatic carbocycles. The Morgan fingerprint density at radius 2 is 1.82 bits per heavy atom. The first-order valence-corrected chi connectivity index (χ1v) is 11.3. The second-order valence-electron chi connectivity index (χ2n) is 9.10. The zero-order chi connectivity index (χ0) is 23.0. The van der Waals surface area contributed by atoms with Crippen LogP contribution in [0.15, 0.2) is 71.3 Å². The van der Waals surface area contributed by atoms with Gasteiger partial charge in [0.25, 0.3) is 5.91 Å². The molecule has 5 rings (SSSR count). The van der Waals surface area contributed by atoms with Crippen molar-refractivity contribution in [1.29, 1.82) is 0 Å². The van der Waals surface area contributed by atoms with Crippen LogP contribution in [0.5, 0.6) is 0 Å². The molecule has 3 atom stereocenters. The molecule has 0 saturated carbocycles. The summed E-state index contributed by atoms with van der Waals surface area (Å²) in [5.74, 6) is -0.147. The number of piperidine rings is 2. The highest BCUT2D eigenvalue weighted by Gasteiger charge is 2.52. The van der Waals surface area contributed by atoms with E-state index in [0.717, 1.165) is 11.1 Å². The number of likely N-dealkylation sites (tertiary alicyclic amines) is 2. The lowest BCUT2D eigenvalue weighted by atomic mass is 9.69. The van der Waals surface area contributed by atoms with Crippen molar-refractivity contribution in [1.82, 2.24) is 15.0 Å². The molecule has 33 heavy (non-hydrogen) atoms. The van der Waals surface area contributed by atoms with Crippen LogP contribution in [0.25, 0.3) is 11.3 Å². The lowest BCUT2D eigenvalue weighted by molar-refractivity contribution is -0.161. The minimum Gasteiger partial charge on any atom is -0.391 e. The molecule has 170 valence electrons. The Labute approximate surface area is 192 Å². The lowest BCUT2D eigenvalue weighted by Gasteiger charge is -2.50. The fraction of sp³-hybridized carbons (Fsp3) is 0.346. The van der Waals surface area contributed by atoms with Crippen molar-refractivity contribution in [2.24, 2.45) is 5.41 Å². The van der Waals surface area contributed by atoms with Crippen LogP contribution in [0, 0.1) is 5.41 Å². The van der Waals surface area contributed by atoms with E-state index in [2.05, 4.69) is 5.16 Å². The molecular weight excluding hydrogens is 418 g/mol. The fourth-order valence-electron chi connectivity index (χ4n) is 5.38. The number of nitrogens with zero attached hydrogens (tertiary/aromatic N) is 3. The van der Waals surface area contributed by atoms with Crippen molar-refractivity contribution in [3.8, 4) is 11.3 Å². The van der Waals surface area contributed by atoms with E-state index in [1.165, 1.54) is 0 Å². The Balaban J connectivity index is 1.36. The summed E-state index contributed by atoms with van der Waals surface area (Å²) >= 11 is 0. The van der Waals surface area contributed by atoms with Crippen molar-refractivity contribution in [3.63, 3.8) is 0 Å². The first kappa shape index (κ1) is 21.4. The summed E-state index contributed by atoms with van der Waals surface area (Å²) in [6.07, 6.45) is 0.948. The zero-order valence-electron chi connectivity index (χ0n) is 18.6. The van der Waals surface area contributed by atoms with E-state index in [1.807, 2.05) is 60.7 Å². The van der Waals surface area contributed by atoms with Gasteiger partial charge in [0, 0.05) is 31.8 Å². The first-order valence-electron chi connectivity index (χ1n) is 11.3. The van der Waals surface area contributed by atoms with Gasteiger partial charge in [-0.1, -0.05) is 65.8 Å². The van der Waals surface area contributed by atoms with Crippen LogP contribution in [-0.4, -0.2) is 58.1 Å². The van der Waals surface area contributed by atoms with Crippen LogP contribution < -0.4 is 0 Å². The Bertz CT molecular complexity index is 1150. The van der Waals surface area contributed by atoms with E-state index < -0.39 is 17.6 Å². The molecule has 7 nitrogen and oxygen atoms in total. The van der Waals surface area contributed by atoms with Crippen molar-refractivity contribution in [2.75, 3.05) is 20.1 Å². The van der Waals surface area contributed by atoms with Gasteiger partial charge in [-0.05, 0) is 24.8 Å². The molecule has 2 fully saturated rings. The lowest BCUT2D eigenvalue weighted by Crippen LogP contribution is -2.60. The second-order valence-corrected chi connectivity index (χ2v) is 9.10. The van der Waals surface area contributed by atoms with Crippen molar-refractivity contribution >= 4 is 11.8 Å². The van der Waals surface area contributed by atoms with Gasteiger partial charge in [-0.15, -0.1) is 0 Å². The molecule has 0 radical (unpaired) electrons. The molecule has 1 aromatic heterocycles. The van der Waals surface area contributed by atoms with Crippen LogP contribution in [0.3, 0.4) is 0 Å². The molecule has 1 spiro atoms. The van der Waals surface area contributed by atoms with Crippen LogP contribution in [0.1, 0.15) is 41.4 Å². The summed E-state index contributed by atoms with van der Waals surface area (Å²) in [4.78, 5) is 30.1. The molecule has 1 N–H and O–H groups in total. The Morgan fingerprint density at radius 1 is 1.12 bits per heavy atom. The van der Waals surface area contributed by atoms with E-state index >= 15 is 0 Å². The first-order chi connectivity index (χ1) is 16.0. The summed E-state index contributed by atoms with van der Waals surface area (Å²) in [6.45, 7) is 0.798. The number of hydrogen-bond donors (Lipinski definition) is 1. The third kappa shape index (κ3) is 3.82. The summed E-state index contributed by atoms with van der Waals surface area (Å²) < 4.78 is 5.37. The van der Waals surface area contributed by atoms with E-state index in [9.17, 15) is 14.7 Å². The highest BCUT2D eigenvalue weighted by molar-refractivity contribution is 5.93.